The maximum atomic E-state index is 12.2. The Morgan fingerprint density at radius 2 is 1.02 bits per heavy atom. The van der Waals surface area contributed by atoms with Crippen LogP contribution in [0.3, 0.4) is 0 Å². The van der Waals surface area contributed by atoms with Crippen molar-refractivity contribution in [3.63, 3.8) is 0 Å². The van der Waals surface area contributed by atoms with E-state index in [-0.39, 0.29) is 12.3 Å². The molecule has 0 aliphatic carbocycles. The van der Waals surface area contributed by atoms with Crippen LogP contribution in [0.1, 0.15) is 52.7 Å². The first kappa shape index (κ1) is 38.9. The fraction of sp³-hybridized carbons (Fsp3) is 0.500. The molecule has 240 valence electrons. The van der Waals surface area contributed by atoms with Crippen molar-refractivity contribution in [2.75, 3.05) is 28.2 Å². The maximum absolute atomic E-state index is 12.2. The van der Waals surface area contributed by atoms with E-state index in [0.717, 1.165) is 11.1 Å². The number of carboxylic acid groups (broad SMARTS) is 1. The molecule has 0 spiro atoms. The lowest BCUT2D eigenvalue weighted by molar-refractivity contribution is -0.139. The predicted molar refractivity (Wildman–Crippen MR) is 168 cm³/mol. The number of hydrogen-bond acceptors (Lipinski definition) is 7. The summed E-state index contributed by atoms with van der Waals surface area (Å²) in [5.41, 5.74) is 0.572. The molecule has 43 heavy (non-hydrogen) atoms. The van der Waals surface area contributed by atoms with Crippen LogP contribution in [-0.2, 0) is 31.9 Å². The zero-order valence-corrected chi connectivity index (χ0v) is 27.2. The second kappa shape index (κ2) is 19.1. The highest BCUT2D eigenvalue weighted by atomic mass is 16.6. The van der Waals surface area contributed by atoms with Crippen LogP contribution in [-0.4, -0.2) is 85.5 Å². The first-order valence-corrected chi connectivity index (χ1v) is 14.0. The molecule has 0 fully saturated rings. The minimum Gasteiger partial charge on any atom is -0.480 e. The van der Waals surface area contributed by atoms with Crippen LogP contribution in [0.5, 0.6) is 0 Å². The SMILES string of the molecule is CC(C)(C)OC(=O)N[C@@H](Cc1ccccc1)C(=O)O.CN(C)C(=O)[C@H](Cc1ccccc1)NC(=O)OC(C)(C)C.CNC. The van der Waals surface area contributed by atoms with E-state index in [2.05, 4.69) is 16.0 Å². The summed E-state index contributed by atoms with van der Waals surface area (Å²) in [5, 5.41) is 16.9. The number of nitrogens with zero attached hydrogens (tertiary/aromatic N) is 1. The van der Waals surface area contributed by atoms with Crippen LogP contribution in [0.15, 0.2) is 60.7 Å². The molecule has 0 radical (unpaired) electrons. The Kier molecular flexibility index (Phi) is 17.3. The molecule has 0 aliphatic rings. The normalized spacial score (nSPS) is 12.0. The number of nitrogens with one attached hydrogen (secondary N) is 3. The molecule has 4 N–H and O–H groups in total. The quantitative estimate of drug-likeness (QED) is 0.351. The fourth-order valence-corrected chi connectivity index (χ4v) is 3.31. The molecule has 0 unspecified atom stereocenters. The highest BCUT2D eigenvalue weighted by molar-refractivity contribution is 5.85. The van der Waals surface area contributed by atoms with Gasteiger partial charge in [0.2, 0.25) is 5.91 Å². The molecule has 2 aromatic carbocycles. The minimum atomic E-state index is -1.09. The van der Waals surface area contributed by atoms with E-state index in [1.165, 1.54) is 4.90 Å². The lowest BCUT2D eigenvalue weighted by Crippen LogP contribution is -2.48. The number of rotatable bonds is 8. The molecule has 0 heterocycles. The smallest absolute Gasteiger partial charge is 0.408 e. The van der Waals surface area contributed by atoms with Gasteiger partial charge in [-0.2, -0.15) is 0 Å². The van der Waals surface area contributed by atoms with Gasteiger partial charge >= 0.3 is 18.2 Å². The zero-order chi connectivity index (χ0) is 33.2. The van der Waals surface area contributed by atoms with E-state index < -0.39 is 41.4 Å². The highest BCUT2D eigenvalue weighted by Crippen LogP contribution is 2.10. The molecule has 3 amide bonds. The van der Waals surface area contributed by atoms with Crippen molar-refractivity contribution in [3.05, 3.63) is 71.8 Å². The number of amides is 3. The molecular weight excluding hydrogens is 552 g/mol. The number of alkyl carbamates (subject to hydrolysis) is 2. The van der Waals surface area contributed by atoms with Gasteiger partial charge in [0.15, 0.2) is 0 Å². The van der Waals surface area contributed by atoms with Crippen molar-refractivity contribution in [1.82, 2.24) is 20.9 Å². The standard InChI is InChI=1S/C16H24N2O3.C14H19NO4.C2H7N/c1-16(2,3)21-15(20)17-13(14(19)18(4)5)11-12-9-7-6-8-10-12;1-14(2,3)19-13(18)15-11(12(16)17)9-10-7-5-4-6-8-10;1-3-2/h6-10,13H,11H2,1-5H3,(H,17,20);4-8,11H,9H2,1-3H3,(H,15,18)(H,16,17);3H,1-2H3/t13-;11-;/m00./s1. The average Bonchev–Trinajstić information content (AvgIpc) is 2.87. The largest absolute Gasteiger partial charge is 0.480 e. The number of hydrogen-bond donors (Lipinski definition) is 4. The molecule has 2 atom stereocenters. The number of aliphatic carboxylic acids is 1. The molecule has 0 saturated carbocycles. The number of carbonyl (C=O) groups excluding carboxylic acids is 3. The van der Waals surface area contributed by atoms with E-state index in [9.17, 15) is 19.2 Å². The van der Waals surface area contributed by atoms with Crippen LogP contribution in [0.4, 0.5) is 9.59 Å². The molecule has 11 heteroatoms. The van der Waals surface area contributed by atoms with Gasteiger partial charge in [0.25, 0.3) is 0 Å². The monoisotopic (exact) mass is 602 g/mol. The van der Waals surface area contributed by atoms with E-state index >= 15 is 0 Å². The summed E-state index contributed by atoms with van der Waals surface area (Å²) in [6.45, 7) is 10.5. The molecule has 2 aromatic rings. The summed E-state index contributed by atoms with van der Waals surface area (Å²) < 4.78 is 10.3. The predicted octanol–water partition coefficient (Wildman–Crippen LogP) is 4.25. The average molecular weight is 603 g/mol. The Labute approximate surface area is 256 Å². The highest BCUT2D eigenvalue weighted by Gasteiger charge is 2.26. The number of likely N-dealkylation sites (N-methyl/N-ethyl adjacent to an activating group) is 1. The molecule has 11 nitrogen and oxygen atoms in total. The van der Waals surface area contributed by atoms with Gasteiger partial charge in [-0.1, -0.05) is 60.7 Å². The van der Waals surface area contributed by atoms with Gasteiger partial charge in [-0.25, -0.2) is 14.4 Å². The van der Waals surface area contributed by atoms with E-state index in [1.807, 2.05) is 74.8 Å². The number of ether oxygens (including phenoxy) is 2. The van der Waals surface area contributed by atoms with Gasteiger partial charge < -0.3 is 35.4 Å². The van der Waals surface area contributed by atoms with Crippen LogP contribution >= 0.6 is 0 Å². The number of carboxylic acids is 1. The molecule has 2 rings (SSSR count). The Hall–Kier alpha value is -4.12. The summed E-state index contributed by atoms with van der Waals surface area (Å²) >= 11 is 0. The van der Waals surface area contributed by atoms with E-state index in [4.69, 9.17) is 14.6 Å². The third-order valence-electron chi connectivity index (χ3n) is 4.98. The van der Waals surface area contributed by atoms with Crippen LogP contribution in [0.2, 0.25) is 0 Å². The fourth-order valence-electron chi connectivity index (χ4n) is 3.31. The van der Waals surface area contributed by atoms with Crippen LogP contribution < -0.4 is 16.0 Å². The second-order valence-electron chi connectivity index (χ2n) is 11.8. The van der Waals surface area contributed by atoms with Gasteiger partial charge in [0.1, 0.15) is 23.3 Å². The summed E-state index contributed by atoms with van der Waals surface area (Å²) in [6.07, 6.45) is -0.665. The Balaban J connectivity index is 0.000000754. The summed E-state index contributed by atoms with van der Waals surface area (Å²) in [5.74, 6) is -1.25. The Morgan fingerprint density at radius 3 is 1.33 bits per heavy atom. The van der Waals surface area contributed by atoms with Gasteiger partial charge in [-0.05, 0) is 66.8 Å². The van der Waals surface area contributed by atoms with Crippen LogP contribution in [0, 0.1) is 0 Å². The molecule has 0 bridgehead atoms. The summed E-state index contributed by atoms with van der Waals surface area (Å²) in [4.78, 5) is 48.3. The Bertz CT molecular complexity index is 1110. The van der Waals surface area contributed by atoms with Crippen molar-refractivity contribution < 1.29 is 33.8 Å². The molecular formula is C32H50N4O7. The lowest BCUT2D eigenvalue weighted by Gasteiger charge is -2.25. The van der Waals surface area contributed by atoms with Crippen LogP contribution in [0.25, 0.3) is 0 Å². The molecule has 0 aliphatic heterocycles. The lowest BCUT2D eigenvalue weighted by atomic mass is 10.1. The van der Waals surface area contributed by atoms with Gasteiger partial charge in [0, 0.05) is 26.9 Å². The van der Waals surface area contributed by atoms with Gasteiger partial charge in [-0.15, -0.1) is 0 Å². The van der Waals surface area contributed by atoms with Crippen molar-refractivity contribution in [2.45, 2.75) is 77.7 Å². The second-order valence-corrected chi connectivity index (χ2v) is 11.8. The maximum Gasteiger partial charge on any atom is 0.408 e. The van der Waals surface area contributed by atoms with Crippen molar-refractivity contribution in [1.29, 1.82) is 0 Å². The third kappa shape index (κ3) is 19.6. The first-order valence-electron chi connectivity index (χ1n) is 14.0. The van der Waals surface area contributed by atoms with Gasteiger partial charge in [0.05, 0.1) is 0 Å². The topological polar surface area (TPSA) is 146 Å². The minimum absolute atomic E-state index is 0.162. The number of carbonyl (C=O) groups is 4. The zero-order valence-electron chi connectivity index (χ0n) is 27.2. The molecule has 0 aromatic heterocycles. The van der Waals surface area contributed by atoms with Crippen molar-refractivity contribution in [2.24, 2.45) is 0 Å². The van der Waals surface area contributed by atoms with E-state index in [1.54, 1.807) is 55.6 Å². The van der Waals surface area contributed by atoms with Crippen molar-refractivity contribution in [3.8, 4) is 0 Å². The Morgan fingerprint density at radius 1 is 0.698 bits per heavy atom. The first-order chi connectivity index (χ1) is 19.9. The van der Waals surface area contributed by atoms with Gasteiger partial charge in [-0.3, -0.25) is 4.79 Å². The summed E-state index contributed by atoms with van der Waals surface area (Å²) in [6, 6.07) is 17.0. The van der Waals surface area contributed by atoms with Crippen molar-refractivity contribution >= 4 is 24.1 Å². The number of benzene rings is 2. The summed E-state index contributed by atoms with van der Waals surface area (Å²) in [7, 11) is 7.08. The molecule has 0 saturated heterocycles. The third-order valence-corrected chi connectivity index (χ3v) is 4.98. The van der Waals surface area contributed by atoms with E-state index in [0.29, 0.717) is 6.42 Å².